The van der Waals surface area contributed by atoms with Crippen LogP contribution in [0.25, 0.3) is 5.69 Å². The van der Waals surface area contributed by atoms with Crippen molar-refractivity contribution in [1.82, 2.24) is 15.0 Å². The number of benzene rings is 1. The number of amides is 1. The Morgan fingerprint density at radius 1 is 1.37 bits per heavy atom. The summed E-state index contributed by atoms with van der Waals surface area (Å²) in [6, 6.07) is 3.98. The lowest BCUT2D eigenvalue weighted by Crippen LogP contribution is -2.15. The molecule has 2 rings (SSSR count). The molecule has 5 nitrogen and oxygen atoms in total. The summed E-state index contributed by atoms with van der Waals surface area (Å²) in [4.78, 5) is 11.2. The summed E-state index contributed by atoms with van der Waals surface area (Å²) in [5, 5.41) is 6.54. The van der Waals surface area contributed by atoms with Gasteiger partial charge in [0.05, 0.1) is 17.4 Å². The summed E-state index contributed by atoms with van der Waals surface area (Å²) in [7, 11) is 0. The summed E-state index contributed by atoms with van der Waals surface area (Å²) in [5.74, 6) is -0.832. The number of alkyl halides is 3. The number of primary amides is 1. The zero-order valence-electron chi connectivity index (χ0n) is 9.15. The van der Waals surface area contributed by atoms with Crippen molar-refractivity contribution in [1.29, 1.82) is 0 Å². The van der Waals surface area contributed by atoms with Crippen molar-refractivity contribution in [2.24, 2.45) is 5.73 Å². The van der Waals surface area contributed by atoms with Gasteiger partial charge in [0.15, 0.2) is 5.69 Å². The van der Waals surface area contributed by atoms with E-state index in [1.54, 1.807) is 0 Å². The van der Waals surface area contributed by atoms with Crippen LogP contribution in [-0.4, -0.2) is 20.9 Å². The van der Waals surface area contributed by atoms with Crippen molar-refractivity contribution in [3.8, 4) is 5.69 Å². The Balaban J connectivity index is 2.53. The molecule has 0 saturated carbocycles. The van der Waals surface area contributed by atoms with Crippen molar-refractivity contribution in [3.63, 3.8) is 0 Å². The van der Waals surface area contributed by atoms with Crippen LogP contribution in [0.15, 0.2) is 24.4 Å². The molecule has 0 aliphatic carbocycles. The molecular formula is C10H6ClF3N4O. The zero-order valence-corrected chi connectivity index (χ0v) is 9.90. The van der Waals surface area contributed by atoms with Crippen molar-refractivity contribution >= 4 is 17.5 Å². The Bertz CT molecular complexity index is 638. The number of carbonyl (C=O) groups excluding carboxylic acids is 1. The van der Waals surface area contributed by atoms with Crippen LogP contribution >= 0.6 is 11.6 Å². The topological polar surface area (TPSA) is 73.8 Å². The molecule has 0 aliphatic rings. The fourth-order valence-electron chi connectivity index (χ4n) is 1.42. The molecule has 19 heavy (non-hydrogen) atoms. The monoisotopic (exact) mass is 290 g/mol. The lowest BCUT2D eigenvalue weighted by Gasteiger charge is -2.06. The lowest BCUT2D eigenvalue weighted by atomic mass is 10.1. The Morgan fingerprint density at radius 2 is 2.05 bits per heavy atom. The van der Waals surface area contributed by atoms with Gasteiger partial charge in [-0.15, -0.1) is 5.10 Å². The second-order valence-electron chi connectivity index (χ2n) is 3.57. The quantitative estimate of drug-likeness (QED) is 0.920. The Labute approximate surface area is 109 Å². The maximum Gasteiger partial charge on any atom is 0.436 e. The number of rotatable bonds is 2. The van der Waals surface area contributed by atoms with E-state index in [2.05, 4.69) is 10.3 Å². The minimum absolute atomic E-state index is 0.0499. The molecule has 100 valence electrons. The molecule has 1 aromatic heterocycles. The maximum absolute atomic E-state index is 12.4. The van der Waals surface area contributed by atoms with Crippen LogP contribution in [0, 0.1) is 0 Å². The van der Waals surface area contributed by atoms with Gasteiger partial charge in [-0.05, 0) is 18.2 Å². The third kappa shape index (κ3) is 2.68. The smallest absolute Gasteiger partial charge is 0.366 e. The van der Waals surface area contributed by atoms with Gasteiger partial charge in [-0.3, -0.25) is 4.79 Å². The Hall–Kier alpha value is -2.09. The minimum Gasteiger partial charge on any atom is -0.366 e. The van der Waals surface area contributed by atoms with Crippen LogP contribution in [-0.2, 0) is 6.18 Å². The van der Waals surface area contributed by atoms with Crippen molar-refractivity contribution in [2.75, 3.05) is 0 Å². The summed E-state index contributed by atoms with van der Waals surface area (Å²) in [5.41, 5.74) is 3.98. The average molecular weight is 291 g/mol. The number of hydrogen-bond donors (Lipinski definition) is 1. The normalized spacial score (nSPS) is 11.6. The average Bonchev–Trinajstić information content (AvgIpc) is 2.77. The van der Waals surface area contributed by atoms with Crippen LogP contribution in [0.2, 0.25) is 5.02 Å². The van der Waals surface area contributed by atoms with Crippen LogP contribution in [0.5, 0.6) is 0 Å². The molecular weight excluding hydrogens is 285 g/mol. The third-order valence-electron chi connectivity index (χ3n) is 2.25. The Kier molecular flexibility index (Phi) is 3.19. The van der Waals surface area contributed by atoms with Gasteiger partial charge >= 0.3 is 6.18 Å². The largest absolute Gasteiger partial charge is 0.436 e. The molecule has 0 spiro atoms. The van der Waals surface area contributed by atoms with E-state index in [4.69, 9.17) is 17.3 Å². The van der Waals surface area contributed by atoms with E-state index >= 15 is 0 Å². The van der Waals surface area contributed by atoms with Gasteiger partial charge in [0.1, 0.15) is 0 Å². The van der Waals surface area contributed by atoms with E-state index in [-0.39, 0.29) is 16.3 Å². The molecule has 9 heteroatoms. The first kappa shape index (κ1) is 13.3. The second kappa shape index (κ2) is 4.54. The molecule has 0 saturated heterocycles. The van der Waals surface area contributed by atoms with Crippen molar-refractivity contribution < 1.29 is 18.0 Å². The molecule has 1 aromatic carbocycles. The predicted molar refractivity (Wildman–Crippen MR) is 59.9 cm³/mol. The van der Waals surface area contributed by atoms with E-state index in [1.165, 1.54) is 18.2 Å². The first-order chi connectivity index (χ1) is 8.79. The fourth-order valence-corrected chi connectivity index (χ4v) is 1.59. The summed E-state index contributed by atoms with van der Waals surface area (Å²) in [6.07, 6.45) is -3.95. The van der Waals surface area contributed by atoms with Gasteiger partial charge in [-0.2, -0.15) is 13.2 Å². The molecule has 1 amide bonds. The first-order valence-corrected chi connectivity index (χ1v) is 5.26. The van der Waals surface area contributed by atoms with E-state index in [1.807, 2.05) is 0 Å². The molecule has 0 bridgehead atoms. The molecule has 0 atom stereocenters. The number of nitrogens with two attached hydrogens (primary N) is 1. The standard InChI is InChI=1S/C10H6ClF3N4O/c11-5-1-2-7(6(3-5)9(15)19)18-4-8(16-17-18)10(12,13)14/h1-4H,(H2,15,19). The highest BCUT2D eigenvalue weighted by Crippen LogP contribution is 2.28. The van der Waals surface area contributed by atoms with Crippen LogP contribution < -0.4 is 5.73 Å². The van der Waals surface area contributed by atoms with Crippen LogP contribution in [0.3, 0.4) is 0 Å². The maximum atomic E-state index is 12.4. The molecule has 1 heterocycles. The van der Waals surface area contributed by atoms with E-state index < -0.39 is 17.8 Å². The van der Waals surface area contributed by atoms with Gasteiger partial charge in [-0.1, -0.05) is 16.8 Å². The van der Waals surface area contributed by atoms with Crippen LogP contribution in [0.4, 0.5) is 13.2 Å². The van der Waals surface area contributed by atoms with E-state index in [9.17, 15) is 18.0 Å². The third-order valence-corrected chi connectivity index (χ3v) is 2.49. The number of halogens is 4. The van der Waals surface area contributed by atoms with Gasteiger partial charge in [0.2, 0.25) is 0 Å². The summed E-state index contributed by atoms with van der Waals surface area (Å²) < 4.78 is 38.1. The summed E-state index contributed by atoms with van der Waals surface area (Å²) >= 11 is 5.69. The predicted octanol–water partition coefficient (Wildman–Crippen LogP) is 2.04. The number of hydrogen-bond acceptors (Lipinski definition) is 3. The molecule has 0 aliphatic heterocycles. The number of nitrogens with zero attached hydrogens (tertiary/aromatic N) is 3. The van der Waals surface area contributed by atoms with E-state index in [0.717, 1.165) is 4.68 Å². The Morgan fingerprint density at radius 3 is 2.58 bits per heavy atom. The molecule has 2 N–H and O–H groups in total. The fraction of sp³-hybridized carbons (Fsp3) is 0.100. The number of carbonyl (C=O) groups is 1. The zero-order chi connectivity index (χ0) is 14.2. The SMILES string of the molecule is NC(=O)c1cc(Cl)ccc1-n1cc(C(F)(F)F)nn1. The van der Waals surface area contributed by atoms with Gasteiger partial charge < -0.3 is 5.73 Å². The summed E-state index contributed by atoms with van der Waals surface area (Å²) in [6.45, 7) is 0. The van der Waals surface area contributed by atoms with Gasteiger partial charge in [-0.25, -0.2) is 4.68 Å². The number of aromatic nitrogens is 3. The highest BCUT2D eigenvalue weighted by molar-refractivity contribution is 6.31. The second-order valence-corrected chi connectivity index (χ2v) is 4.01. The van der Waals surface area contributed by atoms with Crippen molar-refractivity contribution in [2.45, 2.75) is 6.18 Å². The molecule has 0 radical (unpaired) electrons. The van der Waals surface area contributed by atoms with Crippen molar-refractivity contribution in [3.05, 3.63) is 40.7 Å². The molecule has 0 unspecified atom stereocenters. The van der Waals surface area contributed by atoms with Crippen LogP contribution in [0.1, 0.15) is 16.1 Å². The highest BCUT2D eigenvalue weighted by Gasteiger charge is 2.34. The molecule has 2 aromatic rings. The highest BCUT2D eigenvalue weighted by atomic mass is 35.5. The van der Waals surface area contributed by atoms with Gasteiger partial charge in [0, 0.05) is 5.02 Å². The molecule has 0 fully saturated rings. The van der Waals surface area contributed by atoms with E-state index in [0.29, 0.717) is 6.20 Å². The van der Waals surface area contributed by atoms with Gasteiger partial charge in [0.25, 0.3) is 5.91 Å². The lowest BCUT2D eigenvalue weighted by molar-refractivity contribution is -0.141. The first-order valence-electron chi connectivity index (χ1n) is 4.88. The minimum atomic E-state index is -4.61.